The molecule has 0 saturated carbocycles. The van der Waals surface area contributed by atoms with E-state index in [1.54, 1.807) is 24.3 Å². The Morgan fingerprint density at radius 1 is 1.04 bits per heavy atom. The van der Waals surface area contributed by atoms with Gasteiger partial charge in [0.2, 0.25) is 5.91 Å². The summed E-state index contributed by atoms with van der Waals surface area (Å²) in [5.74, 6) is 0.175. The summed E-state index contributed by atoms with van der Waals surface area (Å²) in [4.78, 5) is 29.7. The van der Waals surface area contributed by atoms with E-state index >= 15 is 0 Å². The topological polar surface area (TPSA) is 52.7 Å². The molecule has 6 heteroatoms. The SMILES string of the molecule is O=C(c1ccc(Cl)cc1)N1CCCC(C(=O)N2CCC3(CCNC3)CC2)C1. The van der Waals surface area contributed by atoms with E-state index in [1.165, 1.54) is 6.42 Å². The lowest BCUT2D eigenvalue weighted by atomic mass is 9.77. The first-order valence-electron chi connectivity index (χ1n) is 10.1. The molecule has 27 heavy (non-hydrogen) atoms. The molecule has 0 bridgehead atoms. The van der Waals surface area contributed by atoms with Crippen LogP contribution in [0.15, 0.2) is 24.3 Å². The number of amides is 2. The molecule has 1 spiro atoms. The van der Waals surface area contributed by atoms with Gasteiger partial charge in [-0.2, -0.15) is 0 Å². The smallest absolute Gasteiger partial charge is 0.253 e. The molecule has 4 rings (SSSR count). The quantitative estimate of drug-likeness (QED) is 0.846. The number of nitrogens with zero attached hydrogens (tertiary/aromatic N) is 2. The lowest BCUT2D eigenvalue weighted by Crippen LogP contribution is -2.50. The highest BCUT2D eigenvalue weighted by molar-refractivity contribution is 6.30. The van der Waals surface area contributed by atoms with Crippen LogP contribution in [0.5, 0.6) is 0 Å². The Morgan fingerprint density at radius 3 is 2.44 bits per heavy atom. The number of carbonyl (C=O) groups is 2. The van der Waals surface area contributed by atoms with E-state index in [9.17, 15) is 9.59 Å². The number of piperidine rings is 2. The van der Waals surface area contributed by atoms with Crippen LogP contribution in [0.25, 0.3) is 0 Å². The first-order valence-corrected chi connectivity index (χ1v) is 10.5. The van der Waals surface area contributed by atoms with E-state index in [1.807, 2.05) is 9.80 Å². The molecule has 0 aromatic heterocycles. The third kappa shape index (κ3) is 3.99. The predicted octanol–water partition coefficient (Wildman–Crippen LogP) is 2.79. The average Bonchev–Trinajstić information content (AvgIpc) is 3.16. The Hall–Kier alpha value is -1.59. The van der Waals surface area contributed by atoms with Gasteiger partial charge >= 0.3 is 0 Å². The summed E-state index contributed by atoms with van der Waals surface area (Å²) in [6.45, 7) is 5.19. The minimum absolute atomic E-state index is 0.00112. The molecular formula is C21H28ClN3O2. The van der Waals surface area contributed by atoms with Crippen LogP contribution in [0, 0.1) is 11.3 Å². The van der Waals surface area contributed by atoms with E-state index in [4.69, 9.17) is 11.6 Å². The molecule has 5 nitrogen and oxygen atoms in total. The third-order valence-electron chi connectivity index (χ3n) is 6.62. The first-order chi connectivity index (χ1) is 13.1. The highest BCUT2D eigenvalue weighted by atomic mass is 35.5. The zero-order valence-electron chi connectivity index (χ0n) is 15.8. The Morgan fingerprint density at radius 2 is 1.78 bits per heavy atom. The van der Waals surface area contributed by atoms with Crippen molar-refractivity contribution < 1.29 is 9.59 Å². The maximum Gasteiger partial charge on any atom is 0.253 e. The molecule has 3 fully saturated rings. The van der Waals surface area contributed by atoms with Gasteiger partial charge in [-0.1, -0.05) is 11.6 Å². The number of benzene rings is 1. The average molecular weight is 390 g/mol. The number of rotatable bonds is 2. The molecule has 146 valence electrons. The summed E-state index contributed by atoms with van der Waals surface area (Å²) < 4.78 is 0. The van der Waals surface area contributed by atoms with Crippen LogP contribution in [0.1, 0.15) is 42.5 Å². The van der Waals surface area contributed by atoms with E-state index in [0.29, 0.717) is 22.5 Å². The molecule has 3 saturated heterocycles. The first kappa shape index (κ1) is 18.8. The minimum atomic E-state index is -0.0641. The zero-order chi connectivity index (χ0) is 18.9. The van der Waals surface area contributed by atoms with Crippen molar-refractivity contribution in [2.45, 2.75) is 32.1 Å². The Labute approximate surface area is 166 Å². The highest BCUT2D eigenvalue weighted by Gasteiger charge is 2.40. The zero-order valence-corrected chi connectivity index (χ0v) is 16.5. The van der Waals surface area contributed by atoms with Gasteiger partial charge in [-0.25, -0.2) is 0 Å². The van der Waals surface area contributed by atoms with Crippen molar-refractivity contribution in [1.82, 2.24) is 15.1 Å². The van der Waals surface area contributed by atoms with E-state index in [-0.39, 0.29) is 17.7 Å². The van der Waals surface area contributed by atoms with Crippen LogP contribution >= 0.6 is 11.6 Å². The van der Waals surface area contributed by atoms with Crippen LogP contribution in [0.4, 0.5) is 0 Å². The second-order valence-electron chi connectivity index (χ2n) is 8.35. The number of hydrogen-bond donors (Lipinski definition) is 1. The molecule has 3 heterocycles. The van der Waals surface area contributed by atoms with Gasteiger partial charge < -0.3 is 15.1 Å². The number of carbonyl (C=O) groups excluding carboxylic acids is 2. The molecule has 1 aromatic rings. The van der Waals surface area contributed by atoms with Crippen molar-refractivity contribution in [2.24, 2.45) is 11.3 Å². The lowest BCUT2D eigenvalue weighted by molar-refractivity contribution is -0.139. The largest absolute Gasteiger partial charge is 0.342 e. The third-order valence-corrected chi connectivity index (χ3v) is 6.87. The molecule has 1 unspecified atom stereocenters. The second-order valence-corrected chi connectivity index (χ2v) is 8.79. The normalized spacial score (nSPS) is 25.0. The van der Waals surface area contributed by atoms with Crippen LogP contribution in [0.2, 0.25) is 5.02 Å². The van der Waals surface area contributed by atoms with E-state index in [0.717, 1.165) is 58.4 Å². The van der Waals surface area contributed by atoms with Gasteiger partial charge in [0.05, 0.1) is 5.92 Å². The number of nitrogens with one attached hydrogen (secondary N) is 1. The van der Waals surface area contributed by atoms with Crippen molar-refractivity contribution in [3.05, 3.63) is 34.9 Å². The van der Waals surface area contributed by atoms with Crippen molar-refractivity contribution in [3.63, 3.8) is 0 Å². The van der Waals surface area contributed by atoms with Gasteiger partial charge in [-0.15, -0.1) is 0 Å². The van der Waals surface area contributed by atoms with E-state index < -0.39 is 0 Å². The Bertz CT molecular complexity index is 690. The molecule has 1 aromatic carbocycles. The summed E-state index contributed by atoms with van der Waals surface area (Å²) in [5, 5.41) is 4.10. The second kappa shape index (κ2) is 7.80. The van der Waals surface area contributed by atoms with Crippen molar-refractivity contribution in [1.29, 1.82) is 0 Å². The number of halogens is 1. The van der Waals surface area contributed by atoms with Crippen LogP contribution in [-0.2, 0) is 4.79 Å². The van der Waals surface area contributed by atoms with Gasteiger partial charge in [0.15, 0.2) is 0 Å². The lowest BCUT2D eigenvalue weighted by Gasteiger charge is -2.41. The molecule has 0 radical (unpaired) electrons. The summed E-state index contributed by atoms with van der Waals surface area (Å²) in [6, 6.07) is 7.00. The molecule has 3 aliphatic heterocycles. The Balaban J connectivity index is 1.35. The molecule has 1 N–H and O–H groups in total. The van der Waals surface area contributed by atoms with Crippen molar-refractivity contribution >= 4 is 23.4 Å². The molecule has 2 amide bonds. The van der Waals surface area contributed by atoms with Gasteiger partial charge in [0.25, 0.3) is 5.91 Å². The van der Waals surface area contributed by atoms with Gasteiger partial charge in [0, 0.05) is 43.3 Å². The molecule has 0 aliphatic carbocycles. The maximum atomic E-state index is 13.1. The summed E-state index contributed by atoms with van der Waals surface area (Å²) in [7, 11) is 0. The maximum absolute atomic E-state index is 13.1. The highest BCUT2D eigenvalue weighted by Crippen LogP contribution is 2.37. The van der Waals surface area contributed by atoms with Gasteiger partial charge in [0.1, 0.15) is 0 Å². The molecule has 1 atom stereocenters. The summed E-state index contributed by atoms with van der Waals surface area (Å²) >= 11 is 5.92. The fourth-order valence-electron chi connectivity index (χ4n) is 4.82. The van der Waals surface area contributed by atoms with Crippen molar-refractivity contribution in [3.8, 4) is 0 Å². The molecule has 3 aliphatic rings. The monoisotopic (exact) mass is 389 g/mol. The van der Waals surface area contributed by atoms with Gasteiger partial charge in [-0.3, -0.25) is 9.59 Å². The Kier molecular flexibility index (Phi) is 5.42. The summed E-state index contributed by atoms with van der Waals surface area (Å²) in [6.07, 6.45) is 5.21. The van der Waals surface area contributed by atoms with E-state index in [2.05, 4.69) is 5.32 Å². The number of likely N-dealkylation sites (tertiary alicyclic amines) is 2. The van der Waals surface area contributed by atoms with Crippen molar-refractivity contribution in [2.75, 3.05) is 39.3 Å². The summed E-state index contributed by atoms with van der Waals surface area (Å²) in [5.41, 5.74) is 1.06. The number of hydrogen-bond acceptors (Lipinski definition) is 3. The van der Waals surface area contributed by atoms with Gasteiger partial charge in [-0.05, 0) is 68.3 Å². The van der Waals surface area contributed by atoms with Crippen LogP contribution in [0.3, 0.4) is 0 Å². The van der Waals surface area contributed by atoms with Crippen LogP contribution < -0.4 is 5.32 Å². The predicted molar refractivity (Wildman–Crippen MR) is 106 cm³/mol. The fraction of sp³-hybridized carbons (Fsp3) is 0.619. The fourth-order valence-corrected chi connectivity index (χ4v) is 4.95. The molecular weight excluding hydrogens is 362 g/mol. The standard InChI is InChI=1S/C21H28ClN3O2/c22-18-5-3-16(4-6-18)19(26)25-11-1-2-17(14-25)20(27)24-12-8-21(9-13-24)7-10-23-15-21/h3-6,17,23H,1-2,7-15H2. The minimum Gasteiger partial charge on any atom is -0.342 e. The van der Waals surface area contributed by atoms with Crippen LogP contribution in [-0.4, -0.2) is 60.9 Å².